The summed E-state index contributed by atoms with van der Waals surface area (Å²) in [5.41, 5.74) is 0. The average molecular weight is 321 g/mol. The van der Waals surface area contributed by atoms with E-state index in [2.05, 4.69) is 11.9 Å². The maximum atomic E-state index is 12.1. The number of carbonyl (C=O) groups is 2. The number of para-hydroxylation sites is 1. The Morgan fingerprint density at radius 1 is 1.22 bits per heavy atom. The Morgan fingerprint density at radius 3 is 2.52 bits per heavy atom. The van der Waals surface area contributed by atoms with Crippen LogP contribution in [-0.2, 0) is 14.3 Å². The average Bonchev–Trinajstić information content (AvgIpc) is 2.52. The van der Waals surface area contributed by atoms with E-state index in [1.165, 1.54) is 6.08 Å². The Labute approximate surface area is 136 Å². The first kappa shape index (κ1) is 18.5. The molecule has 0 aromatic heterocycles. The molecule has 6 heteroatoms. The van der Waals surface area contributed by atoms with Crippen LogP contribution < -0.4 is 10.1 Å². The van der Waals surface area contributed by atoms with Crippen molar-refractivity contribution in [3.05, 3.63) is 43.0 Å². The molecule has 1 rings (SSSR count). The number of esters is 1. The van der Waals surface area contributed by atoms with E-state index in [9.17, 15) is 9.59 Å². The molecule has 0 saturated carbocycles. The summed E-state index contributed by atoms with van der Waals surface area (Å²) in [5, 5.41) is 2.49. The number of amides is 1. The maximum absolute atomic E-state index is 12.1. The molecule has 0 bridgehead atoms. The summed E-state index contributed by atoms with van der Waals surface area (Å²) in [5.74, 6) is 0.228. The van der Waals surface area contributed by atoms with Crippen molar-refractivity contribution in [2.45, 2.75) is 26.3 Å². The Bertz CT molecular complexity index is 501. The largest absolute Gasteiger partial charge is 0.457 e. The fourth-order valence-electron chi connectivity index (χ4n) is 1.78. The van der Waals surface area contributed by atoms with Crippen molar-refractivity contribution in [2.24, 2.45) is 5.92 Å². The van der Waals surface area contributed by atoms with Crippen molar-refractivity contribution in [3.63, 3.8) is 0 Å². The predicted octanol–water partition coefficient (Wildman–Crippen LogP) is 2.89. The lowest BCUT2D eigenvalue weighted by Gasteiger charge is -2.19. The molecule has 1 amide bonds. The molecule has 6 nitrogen and oxygen atoms in total. The van der Waals surface area contributed by atoms with Crippen LogP contribution in [0.2, 0.25) is 0 Å². The molecule has 1 unspecified atom stereocenters. The molecule has 1 aromatic carbocycles. The lowest BCUT2D eigenvalue weighted by molar-refractivity contribution is -0.153. The number of benzene rings is 1. The smallest absolute Gasteiger partial charge is 0.408 e. The van der Waals surface area contributed by atoms with Crippen molar-refractivity contribution in [1.29, 1.82) is 0 Å². The van der Waals surface area contributed by atoms with Crippen molar-refractivity contribution in [3.8, 4) is 5.75 Å². The molecule has 0 fully saturated rings. The highest BCUT2D eigenvalue weighted by molar-refractivity contribution is 5.81. The van der Waals surface area contributed by atoms with Crippen LogP contribution in [0.1, 0.15) is 20.3 Å². The number of ether oxygens (including phenoxy) is 3. The minimum atomic E-state index is -0.785. The van der Waals surface area contributed by atoms with Crippen LogP contribution in [-0.4, -0.2) is 31.5 Å². The SMILES string of the molecule is C=CCOC(=O)NC(CC(C)C)C(=O)OCOc1ccccc1. The number of hydrogen-bond donors (Lipinski definition) is 1. The summed E-state index contributed by atoms with van der Waals surface area (Å²) in [4.78, 5) is 23.7. The molecule has 0 heterocycles. The number of nitrogens with one attached hydrogen (secondary N) is 1. The second kappa shape index (κ2) is 10.3. The summed E-state index contributed by atoms with van der Waals surface area (Å²) in [6, 6.07) is 8.21. The molecule has 0 radical (unpaired) electrons. The summed E-state index contributed by atoms with van der Waals surface area (Å²) < 4.78 is 15.2. The Balaban J connectivity index is 2.47. The first-order chi connectivity index (χ1) is 11.0. The fourth-order valence-corrected chi connectivity index (χ4v) is 1.78. The molecule has 1 atom stereocenters. The van der Waals surface area contributed by atoms with Gasteiger partial charge in [0, 0.05) is 0 Å². The van der Waals surface area contributed by atoms with Gasteiger partial charge < -0.3 is 19.5 Å². The number of alkyl carbamates (subject to hydrolysis) is 1. The maximum Gasteiger partial charge on any atom is 0.408 e. The monoisotopic (exact) mass is 321 g/mol. The van der Waals surface area contributed by atoms with Crippen LogP contribution >= 0.6 is 0 Å². The third kappa shape index (κ3) is 7.90. The minimum absolute atomic E-state index is 0.0758. The summed E-state index contributed by atoms with van der Waals surface area (Å²) >= 11 is 0. The Kier molecular flexibility index (Phi) is 8.28. The van der Waals surface area contributed by atoms with Gasteiger partial charge in [-0.25, -0.2) is 9.59 Å². The lowest BCUT2D eigenvalue weighted by atomic mass is 10.0. The van der Waals surface area contributed by atoms with Crippen molar-refractivity contribution in [2.75, 3.05) is 13.4 Å². The van der Waals surface area contributed by atoms with Crippen LogP contribution in [0.4, 0.5) is 4.79 Å². The van der Waals surface area contributed by atoms with Gasteiger partial charge in [-0.2, -0.15) is 0 Å². The van der Waals surface area contributed by atoms with Gasteiger partial charge >= 0.3 is 12.1 Å². The molecule has 0 spiro atoms. The first-order valence-electron chi connectivity index (χ1n) is 7.41. The second-order valence-corrected chi connectivity index (χ2v) is 5.25. The molecule has 126 valence electrons. The molecule has 1 aromatic rings. The second-order valence-electron chi connectivity index (χ2n) is 5.25. The van der Waals surface area contributed by atoms with Gasteiger partial charge in [-0.3, -0.25) is 0 Å². The van der Waals surface area contributed by atoms with Crippen LogP contribution in [0.3, 0.4) is 0 Å². The van der Waals surface area contributed by atoms with Crippen LogP contribution in [0.5, 0.6) is 5.75 Å². The van der Waals surface area contributed by atoms with Crippen LogP contribution in [0.25, 0.3) is 0 Å². The van der Waals surface area contributed by atoms with Gasteiger partial charge in [-0.1, -0.05) is 44.7 Å². The molecule has 0 aliphatic rings. The zero-order valence-electron chi connectivity index (χ0n) is 13.5. The fraction of sp³-hybridized carbons (Fsp3) is 0.412. The number of hydrogen-bond acceptors (Lipinski definition) is 5. The molecule has 1 N–H and O–H groups in total. The summed E-state index contributed by atoms with van der Waals surface area (Å²) in [6.07, 6.45) is 1.20. The zero-order valence-corrected chi connectivity index (χ0v) is 13.5. The Hall–Kier alpha value is -2.50. The quantitative estimate of drug-likeness (QED) is 0.430. The molecule has 0 aliphatic heterocycles. The topological polar surface area (TPSA) is 73.9 Å². The van der Waals surface area contributed by atoms with Crippen molar-refractivity contribution >= 4 is 12.1 Å². The van der Waals surface area contributed by atoms with Crippen molar-refractivity contribution in [1.82, 2.24) is 5.32 Å². The zero-order chi connectivity index (χ0) is 17.1. The van der Waals surface area contributed by atoms with Gasteiger partial charge in [-0.05, 0) is 24.5 Å². The highest BCUT2D eigenvalue weighted by Crippen LogP contribution is 2.10. The third-order valence-corrected chi connectivity index (χ3v) is 2.79. The highest BCUT2D eigenvalue weighted by atomic mass is 16.7. The van der Waals surface area contributed by atoms with E-state index in [1.54, 1.807) is 12.1 Å². The normalized spacial score (nSPS) is 11.4. The van der Waals surface area contributed by atoms with E-state index in [4.69, 9.17) is 14.2 Å². The van der Waals surface area contributed by atoms with E-state index in [0.29, 0.717) is 12.2 Å². The summed E-state index contributed by atoms with van der Waals surface area (Å²) in [7, 11) is 0. The van der Waals surface area contributed by atoms with Crippen LogP contribution in [0, 0.1) is 5.92 Å². The molecular formula is C17H23NO5. The van der Waals surface area contributed by atoms with Crippen molar-refractivity contribution < 1.29 is 23.8 Å². The van der Waals surface area contributed by atoms with E-state index in [0.717, 1.165) is 0 Å². The predicted molar refractivity (Wildman–Crippen MR) is 86.0 cm³/mol. The standard InChI is InChI=1S/C17H23NO5/c1-4-10-21-17(20)18-15(11-13(2)3)16(19)23-12-22-14-8-6-5-7-9-14/h4-9,13,15H,1,10-12H2,2-3H3,(H,18,20). The number of carbonyl (C=O) groups excluding carboxylic acids is 2. The van der Waals surface area contributed by atoms with E-state index < -0.39 is 18.1 Å². The van der Waals surface area contributed by atoms with E-state index in [-0.39, 0.29) is 19.3 Å². The van der Waals surface area contributed by atoms with Gasteiger partial charge in [0.1, 0.15) is 18.4 Å². The lowest BCUT2D eigenvalue weighted by Crippen LogP contribution is -2.43. The van der Waals surface area contributed by atoms with Gasteiger partial charge in [0.2, 0.25) is 6.79 Å². The number of rotatable bonds is 9. The van der Waals surface area contributed by atoms with Gasteiger partial charge in [0.05, 0.1) is 0 Å². The van der Waals surface area contributed by atoms with E-state index >= 15 is 0 Å². The molecular weight excluding hydrogens is 298 g/mol. The minimum Gasteiger partial charge on any atom is -0.457 e. The Morgan fingerprint density at radius 2 is 1.91 bits per heavy atom. The summed E-state index contributed by atoms with van der Waals surface area (Å²) in [6.45, 7) is 7.19. The first-order valence-corrected chi connectivity index (χ1v) is 7.41. The van der Waals surface area contributed by atoms with Gasteiger partial charge in [0.25, 0.3) is 0 Å². The van der Waals surface area contributed by atoms with E-state index in [1.807, 2.05) is 32.0 Å². The van der Waals surface area contributed by atoms with Crippen LogP contribution in [0.15, 0.2) is 43.0 Å². The molecule has 0 saturated heterocycles. The molecule has 23 heavy (non-hydrogen) atoms. The van der Waals surface area contributed by atoms with Gasteiger partial charge in [0.15, 0.2) is 0 Å². The van der Waals surface area contributed by atoms with Gasteiger partial charge in [-0.15, -0.1) is 0 Å². The third-order valence-electron chi connectivity index (χ3n) is 2.79. The highest BCUT2D eigenvalue weighted by Gasteiger charge is 2.24. The molecule has 0 aliphatic carbocycles.